The van der Waals surface area contributed by atoms with E-state index < -0.39 is 0 Å². The van der Waals surface area contributed by atoms with Crippen molar-refractivity contribution >= 4 is 11.3 Å². The van der Waals surface area contributed by atoms with Crippen LogP contribution < -0.4 is 11.3 Å². The number of nitrogens with one attached hydrogen (secondary N) is 1. The average molecular weight is 274 g/mol. The van der Waals surface area contributed by atoms with Crippen LogP contribution in [0.25, 0.3) is 0 Å². The Labute approximate surface area is 119 Å². The molecule has 0 radical (unpaired) electrons. The summed E-state index contributed by atoms with van der Waals surface area (Å²) in [6.45, 7) is 6.69. The maximum absolute atomic E-state index is 5.70. The van der Waals surface area contributed by atoms with E-state index in [-0.39, 0.29) is 11.5 Å². The largest absolute Gasteiger partial charge is 0.271 e. The number of thiophene rings is 1. The molecule has 2 aromatic rings. The number of nitrogens with two attached hydrogens (primary N) is 1. The van der Waals surface area contributed by atoms with Crippen LogP contribution in [0.4, 0.5) is 0 Å². The van der Waals surface area contributed by atoms with Gasteiger partial charge in [0.05, 0.1) is 6.04 Å². The molecular formula is C16H22N2S. The fraction of sp³-hybridized carbons (Fsp3) is 0.375. The van der Waals surface area contributed by atoms with Crippen molar-refractivity contribution < 1.29 is 0 Å². The second-order valence-corrected chi connectivity index (χ2v) is 6.91. The summed E-state index contributed by atoms with van der Waals surface area (Å²) < 4.78 is 0. The van der Waals surface area contributed by atoms with Gasteiger partial charge in [0.15, 0.2) is 0 Å². The highest BCUT2D eigenvalue weighted by atomic mass is 32.1. The number of hydrogen-bond donors (Lipinski definition) is 2. The van der Waals surface area contributed by atoms with Crippen LogP contribution in [-0.2, 0) is 11.8 Å². The zero-order valence-corrected chi connectivity index (χ0v) is 12.6. The van der Waals surface area contributed by atoms with Crippen LogP contribution in [0.15, 0.2) is 41.8 Å². The van der Waals surface area contributed by atoms with E-state index in [1.807, 2.05) is 0 Å². The van der Waals surface area contributed by atoms with Crippen LogP contribution in [-0.4, -0.2) is 0 Å². The number of rotatable bonds is 4. The van der Waals surface area contributed by atoms with Gasteiger partial charge in [-0.2, -0.15) is 0 Å². The molecule has 2 rings (SSSR count). The minimum atomic E-state index is 0.174. The lowest BCUT2D eigenvalue weighted by molar-refractivity contribution is 0.553. The van der Waals surface area contributed by atoms with Gasteiger partial charge in [-0.25, -0.2) is 0 Å². The Hall–Kier alpha value is -1.16. The third-order valence-electron chi connectivity index (χ3n) is 3.37. The SMILES string of the molecule is CC(C)(C)c1ccc(C(Cc2cccs2)NN)cc1. The molecule has 0 aliphatic carbocycles. The van der Waals surface area contributed by atoms with Gasteiger partial charge in [-0.05, 0) is 28.0 Å². The Balaban J connectivity index is 2.15. The second kappa shape index (κ2) is 5.87. The maximum Gasteiger partial charge on any atom is 0.0508 e. The monoisotopic (exact) mass is 274 g/mol. The zero-order chi connectivity index (χ0) is 13.9. The van der Waals surface area contributed by atoms with Gasteiger partial charge < -0.3 is 0 Å². The van der Waals surface area contributed by atoms with Crippen molar-refractivity contribution in [2.24, 2.45) is 5.84 Å². The van der Waals surface area contributed by atoms with Gasteiger partial charge in [0, 0.05) is 11.3 Å². The van der Waals surface area contributed by atoms with E-state index in [0.29, 0.717) is 0 Å². The molecule has 0 saturated heterocycles. The van der Waals surface area contributed by atoms with Gasteiger partial charge in [0.25, 0.3) is 0 Å². The maximum atomic E-state index is 5.70. The molecule has 1 aromatic heterocycles. The summed E-state index contributed by atoms with van der Waals surface area (Å²) in [6, 6.07) is 13.2. The first-order chi connectivity index (χ1) is 9.00. The lowest BCUT2D eigenvalue weighted by atomic mass is 9.86. The third kappa shape index (κ3) is 3.66. The molecular weight excluding hydrogens is 252 g/mol. The summed E-state index contributed by atoms with van der Waals surface area (Å²) in [6.07, 6.45) is 0.934. The van der Waals surface area contributed by atoms with Crippen molar-refractivity contribution in [1.29, 1.82) is 0 Å². The van der Waals surface area contributed by atoms with E-state index in [1.165, 1.54) is 16.0 Å². The quantitative estimate of drug-likeness (QED) is 0.657. The molecule has 3 heteroatoms. The predicted molar refractivity (Wildman–Crippen MR) is 83.2 cm³/mol. The molecule has 1 unspecified atom stereocenters. The Bertz CT molecular complexity index is 495. The van der Waals surface area contributed by atoms with E-state index in [0.717, 1.165) is 6.42 Å². The van der Waals surface area contributed by atoms with Crippen LogP contribution in [0, 0.1) is 0 Å². The van der Waals surface area contributed by atoms with Gasteiger partial charge in [0.1, 0.15) is 0 Å². The van der Waals surface area contributed by atoms with Crippen molar-refractivity contribution in [3.8, 4) is 0 Å². The van der Waals surface area contributed by atoms with Crippen LogP contribution in [0.5, 0.6) is 0 Å². The van der Waals surface area contributed by atoms with E-state index in [9.17, 15) is 0 Å². The lowest BCUT2D eigenvalue weighted by Crippen LogP contribution is -2.29. The molecule has 0 spiro atoms. The topological polar surface area (TPSA) is 38.0 Å². The highest BCUT2D eigenvalue weighted by Crippen LogP contribution is 2.25. The molecule has 3 N–H and O–H groups in total. The van der Waals surface area contributed by atoms with Crippen molar-refractivity contribution in [1.82, 2.24) is 5.43 Å². The molecule has 102 valence electrons. The number of benzene rings is 1. The second-order valence-electron chi connectivity index (χ2n) is 5.87. The minimum Gasteiger partial charge on any atom is -0.271 e. The Morgan fingerprint density at radius 3 is 2.32 bits per heavy atom. The van der Waals surface area contributed by atoms with Crippen LogP contribution >= 0.6 is 11.3 Å². The molecule has 0 saturated carbocycles. The standard InChI is InChI=1S/C16H22N2S/c1-16(2,3)13-8-6-12(7-9-13)15(18-17)11-14-5-4-10-19-14/h4-10,15,18H,11,17H2,1-3H3. The third-order valence-corrected chi connectivity index (χ3v) is 4.26. The Morgan fingerprint density at radius 2 is 1.84 bits per heavy atom. The highest BCUT2D eigenvalue weighted by molar-refractivity contribution is 7.09. The molecule has 1 aromatic carbocycles. The molecule has 0 fully saturated rings. The van der Waals surface area contributed by atoms with Crippen LogP contribution in [0.2, 0.25) is 0 Å². The molecule has 19 heavy (non-hydrogen) atoms. The molecule has 0 amide bonds. The van der Waals surface area contributed by atoms with Gasteiger partial charge in [0.2, 0.25) is 0 Å². The summed E-state index contributed by atoms with van der Waals surface area (Å²) in [5.41, 5.74) is 5.70. The predicted octanol–water partition coefficient (Wildman–Crippen LogP) is 3.79. The number of hydrogen-bond acceptors (Lipinski definition) is 3. The first kappa shape index (κ1) is 14.3. The smallest absolute Gasteiger partial charge is 0.0508 e. The van der Waals surface area contributed by atoms with Crippen molar-refractivity contribution in [3.63, 3.8) is 0 Å². The minimum absolute atomic E-state index is 0.174. The summed E-state index contributed by atoms with van der Waals surface area (Å²) >= 11 is 1.77. The highest BCUT2D eigenvalue weighted by Gasteiger charge is 2.15. The summed E-state index contributed by atoms with van der Waals surface area (Å²) in [7, 11) is 0. The molecule has 0 bridgehead atoms. The summed E-state index contributed by atoms with van der Waals surface area (Å²) in [4.78, 5) is 1.35. The zero-order valence-electron chi connectivity index (χ0n) is 11.8. The van der Waals surface area contributed by atoms with E-state index >= 15 is 0 Å². The number of hydrazine groups is 1. The average Bonchev–Trinajstić information content (AvgIpc) is 2.88. The van der Waals surface area contributed by atoms with Gasteiger partial charge >= 0.3 is 0 Å². The summed E-state index contributed by atoms with van der Waals surface area (Å²) in [5.74, 6) is 5.70. The molecule has 2 nitrogen and oxygen atoms in total. The molecule has 0 aliphatic heterocycles. The molecule has 0 aliphatic rings. The van der Waals surface area contributed by atoms with Crippen molar-refractivity contribution in [2.45, 2.75) is 38.6 Å². The van der Waals surface area contributed by atoms with E-state index in [1.54, 1.807) is 11.3 Å². The summed E-state index contributed by atoms with van der Waals surface area (Å²) in [5, 5.41) is 2.10. The fourth-order valence-corrected chi connectivity index (χ4v) is 2.87. The molecule has 1 atom stereocenters. The molecule has 1 heterocycles. The van der Waals surface area contributed by atoms with Gasteiger partial charge in [-0.3, -0.25) is 11.3 Å². The normalized spacial score (nSPS) is 13.5. The van der Waals surface area contributed by atoms with Crippen molar-refractivity contribution in [3.05, 3.63) is 57.8 Å². The van der Waals surface area contributed by atoms with Crippen molar-refractivity contribution in [2.75, 3.05) is 0 Å². The van der Waals surface area contributed by atoms with Gasteiger partial charge in [-0.1, -0.05) is 51.1 Å². The first-order valence-electron chi connectivity index (χ1n) is 6.59. The van der Waals surface area contributed by atoms with E-state index in [4.69, 9.17) is 5.84 Å². The van der Waals surface area contributed by atoms with Crippen LogP contribution in [0.1, 0.15) is 42.8 Å². The Morgan fingerprint density at radius 1 is 1.16 bits per heavy atom. The van der Waals surface area contributed by atoms with E-state index in [2.05, 4.69) is 68.0 Å². The fourth-order valence-electron chi connectivity index (χ4n) is 2.12. The first-order valence-corrected chi connectivity index (χ1v) is 7.47. The van der Waals surface area contributed by atoms with Gasteiger partial charge in [-0.15, -0.1) is 11.3 Å². The lowest BCUT2D eigenvalue weighted by Gasteiger charge is -2.21. The van der Waals surface area contributed by atoms with Crippen LogP contribution in [0.3, 0.4) is 0 Å². The Kier molecular flexibility index (Phi) is 4.40.